The van der Waals surface area contributed by atoms with Crippen molar-refractivity contribution in [3.8, 4) is 11.1 Å². The Balaban J connectivity index is 2.54. The van der Waals surface area contributed by atoms with Crippen LogP contribution in [0.2, 0.25) is 0 Å². The molecule has 2 rings (SSSR count). The number of nitrogens with two attached hydrogens (primary N) is 1. The first-order valence-electron chi connectivity index (χ1n) is 4.27. The number of aromatic amines is 1. The summed E-state index contributed by atoms with van der Waals surface area (Å²) in [5, 5.41) is 6.39. The molecule has 0 aliphatic carbocycles. The SMILES string of the molecule is NC(=O)c1[nH]ncc1-c1cccc(Br)c1. The van der Waals surface area contributed by atoms with Gasteiger partial charge in [0.15, 0.2) is 0 Å². The van der Waals surface area contributed by atoms with Crippen LogP contribution in [0.4, 0.5) is 0 Å². The quantitative estimate of drug-likeness (QED) is 0.871. The summed E-state index contributed by atoms with van der Waals surface area (Å²) in [5.74, 6) is -0.512. The topological polar surface area (TPSA) is 71.8 Å². The minimum atomic E-state index is -0.512. The molecule has 0 unspecified atom stereocenters. The number of hydrogen-bond donors (Lipinski definition) is 2. The Hall–Kier alpha value is -1.62. The fraction of sp³-hybridized carbons (Fsp3) is 0. The molecule has 76 valence electrons. The van der Waals surface area contributed by atoms with Crippen molar-refractivity contribution in [2.24, 2.45) is 5.73 Å². The van der Waals surface area contributed by atoms with Crippen LogP contribution >= 0.6 is 15.9 Å². The number of carbonyl (C=O) groups excluding carboxylic acids is 1. The Labute approximate surface area is 94.6 Å². The van der Waals surface area contributed by atoms with Crippen LogP contribution in [0.15, 0.2) is 34.9 Å². The number of halogens is 1. The number of primary amides is 1. The molecule has 0 aliphatic rings. The summed E-state index contributed by atoms with van der Waals surface area (Å²) in [5.41, 5.74) is 7.15. The second-order valence-electron chi connectivity index (χ2n) is 3.03. The summed E-state index contributed by atoms with van der Waals surface area (Å²) in [6.07, 6.45) is 1.59. The molecule has 0 saturated carbocycles. The molecular formula is C10H8BrN3O. The van der Waals surface area contributed by atoms with Crippen molar-refractivity contribution >= 4 is 21.8 Å². The third-order valence-corrected chi connectivity index (χ3v) is 2.51. The molecule has 3 N–H and O–H groups in total. The largest absolute Gasteiger partial charge is 0.364 e. The van der Waals surface area contributed by atoms with E-state index in [2.05, 4.69) is 26.1 Å². The summed E-state index contributed by atoms with van der Waals surface area (Å²) in [7, 11) is 0. The molecule has 0 saturated heterocycles. The Kier molecular flexibility index (Phi) is 2.55. The number of amides is 1. The number of carbonyl (C=O) groups is 1. The maximum Gasteiger partial charge on any atom is 0.267 e. The van der Waals surface area contributed by atoms with Crippen molar-refractivity contribution in [1.82, 2.24) is 10.2 Å². The molecule has 0 bridgehead atoms. The maximum atomic E-state index is 11.1. The molecule has 15 heavy (non-hydrogen) atoms. The first-order valence-corrected chi connectivity index (χ1v) is 5.07. The Morgan fingerprint density at radius 2 is 2.27 bits per heavy atom. The zero-order chi connectivity index (χ0) is 10.8. The molecule has 2 aromatic rings. The average Bonchev–Trinajstić information content (AvgIpc) is 2.65. The van der Waals surface area contributed by atoms with E-state index in [0.717, 1.165) is 10.0 Å². The molecule has 5 heteroatoms. The van der Waals surface area contributed by atoms with Gasteiger partial charge in [-0.3, -0.25) is 9.89 Å². The molecule has 0 aliphatic heterocycles. The highest BCUT2D eigenvalue weighted by Crippen LogP contribution is 2.24. The second kappa shape index (κ2) is 3.86. The van der Waals surface area contributed by atoms with Gasteiger partial charge in [-0.15, -0.1) is 0 Å². The van der Waals surface area contributed by atoms with Gasteiger partial charge >= 0.3 is 0 Å². The third kappa shape index (κ3) is 1.92. The summed E-state index contributed by atoms with van der Waals surface area (Å²) in [6, 6.07) is 7.59. The molecule has 0 spiro atoms. The van der Waals surface area contributed by atoms with Gasteiger partial charge in [0.05, 0.1) is 6.20 Å². The van der Waals surface area contributed by atoms with E-state index >= 15 is 0 Å². The predicted molar refractivity (Wildman–Crippen MR) is 60.2 cm³/mol. The van der Waals surface area contributed by atoms with Crippen LogP contribution in [0.5, 0.6) is 0 Å². The van der Waals surface area contributed by atoms with E-state index in [9.17, 15) is 4.79 Å². The number of rotatable bonds is 2. The molecule has 0 fully saturated rings. The van der Waals surface area contributed by atoms with Gasteiger partial charge < -0.3 is 5.73 Å². The normalized spacial score (nSPS) is 10.2. The van der Waals surface area contributed by atoms with Gasteiger partial charge in [-0.05, 0) is 17.7 Å². The van der Waals surface area contributed by atoms with Crippen molar-refractivity contribution in [2.45, 2.75) is 0 Å². The molecule has 4 nitrogen and oxygen atoms in total. The fourth-order valence-electron chi connectivity index (χ4n) is 1.35. The van der Waals surface area contributed by atoms with Gasteiger partial charge in [-0.2, -0.15) is 5.10 Å². The number of aromatic nitrogens is 2. The van der Waals surface area contributed by atoms with E-state index in [1.165, 1.54) is 0 Å². The third-order valence-electron chi connectivity index (χ3n) is 2.02. The number of nitrogens with one attached hydrogen (secondary N) is 1. The van der Waals surface area contributed by atoms with E-state index in [1.54, 1.807) is 6.20 Å². The fourth-order valence-corrected chi connectivity index (χ4v) is 1.75. The summed E-state index contributed by atoms with van der Waals surface area (Å²) < 4.78 is 0.941. The van der Waals surface area contributed by atoms with Crippen molar-refractivity contribution in [3.05, 3.63) is 40.6 Å². The van der Waals surface area contributed by atoms with Crippen molar-refractivity contribution in [2.75, 3.05) is 0 Å². The van der Waals surface area contributed by atoms with Gasteiger partial charge in [0.2, 0.25) is 0 Å². The van der Waals surface area contributed by atoms with E-state index in [1.807, 2.05) is 24.3 Å². The van der Waals surface area contributed by atoms with Gasteiger partial charge in [-0.1, -0.05) is 28.1 Å². The van der Waals surface area contributed by atoms with E-state index < -0.39 is 5.91 Å². The number of benzene rings is 1. The molecule has 1 aromatic carbocycles. The maximum absolute atomic E-state index is 11.1. The highest BCUT2D eigenvalue weighted by molar-refractivity contribution is 9.10. The molecule has 1 heterocycles. The molecule has 1 aromatic heterocycles. The lowest BCUT2D eigenvalue weighted by molar-refractivity contribution is 0.0996. The van der Waals surface area contributed by atoms with Crippen molar-refractivity contribution in [1.29, 1.82) is 0 Å². The lowest BCUT2D eigenvalue weighted by atomic mass is 10.1. The van der Waals surface area contributed by atoms with Crippen LogP contribution in [0, 0.1) is 0 Å². The predicted octanol–water partition coefficient (Wildman–Crippen LogP) is 1.94. The minimum absolute atomic E-state index is 0.327. The van der Waals surface area contributed by atoms with Crippen molar-refractivity contribution < 1.29 is 4.79 Å². The average molecular weight is 266 g/mol. The smallest absolute Gasteiger partial charge is 0.267 e. The zero-order valence-electron chi connectivity index (χ0n) is 7.70. The molecule has 0 atom stereocenters. The molecule has 0 radical (unpaired) electrons. The Morgan fingerprint density at radius 1 is 1.47 bits per heavy atom. The van der Waals surface area contributed by atoms with E-state index in [0.29, 0.717) is 11.3 Å². The Bertz CT molecular complexity index is 507. The lowest BCUT2D eigenvalue weighted by Gasteiger charge is -2.00. The van der Waals surface area contributed by atoms with Crippen LogP contribution < -0.4 is 5.73 Å². The molecular weight excluding hydrogens is 258 g/mol. The number of H-pyrrole nitrogens is 1. The standard InChI is InChI=1S/C10H8BrN3O/c11-7-3-1-2-6(4-7)8-5-13-14-9(8)10(12)15/h1-5H,(H2,12,15)(H,13,14). The summed E-state index contributed by atoms with van der Waals surface area (Å²) in [6.45, 7) is 0. The summed E-state index contributed by atoms with van der Waals surface area (Å²) in [4.78, 5) is 11.1. The highest BCUT2D eigenvalue weighted by Gasteiger charge is 2.11. The molecule has 1 amide bonds. The summed E-state index contributed by atoms with van der Waals surface area (Å²) >= 11 is 3.36. The lowest BCUT2D eigenvalue weighted by Crippen LogP contribution is -2.12. The monoisotopic (exact) mass is 265 g/mol. The van der Waals surface area contributed by atoms with E-state index in [-0.39, 0.29) is 0 Å². The van der Waals surface area contributed by atoms with Crippen LogP contribution in [0.25, 0.3) is 11.1 Å². The minimum Gasteiger partial charge on any atom is -0.364 e. The zero-order valence-corrected chi connectivity index (χ0v) is 9.28. The van der Waals surface area contributed by atoms with E-state index in [4.69, 9.17) is 5.73 Å². The van der Waals surface area contributed by atoms with Crippen molar-refractivity contribution in [3.63, 3.8) is 0 Å². The Morgan fingerprint density at radius 3 is 2.93 bits per heavy atom. The first-order chi connectivity index (χ1) is 7.18. The second-order valence-corrected chi connectivity index (χ2v) is 3.95. The van der Waals surface area contributed by atoms with Gasteiger partial charge in [0.1, 0.15) is 5.69 Å². The van der Waals surface area contributed by atoms with Crippen LogP contribution in [-0.4, -0.2) is 16.1 Å². The van der Waals surface area contributed by atoms with Gasteiger partial charge in [0.25, 0.3) is 5.91 Å². The first kappa shape index (κ1) is 9.92. The van der Waals surface area contributed by atoms with Gasteiger partial charge in [-0.25, -0.2) is 0 Å². The van der Waals surface area contributed by atoms with Crippen LogP contribution in [0.1, 0.15) is 10.5 Å². The number of hydrogen-bond acceptors (Lipinski definition) is 2. The highest BCUT2D eigenvalue weighted by atomic mass is 79.9. The van der Waals surface area contributed by atoms with Crippen LogP contribution in [0.3, 0.4) is 0 Å². The number of nitrogens with zero attached hydrogens (tertiary/aromatic N) is 1. The van der Waals surface area contributed by atoms with Gasteiger partial charge in [0, 0.05) is 10.0 Å². The van der Waals surface area contributed by atoms with Crippen LogP contribution in [-0.2, 0) is 0 Å².